The van der Waals surface area contributed by atoms with Crippen molar-refractivity contribution in [3.8, 4) is 11.5 Å². The maximum absolute atomic E-state index is 14.0. The summed E-state index contributed by atoms with van der Waals surface area (Å²) in [6.07, 6.45) is 1.93. The SMILES string of the molecule is CSc1cccc(NC(=O)CNc2ccc(F)cc2S(=O)(=O)c2ccc3c(c2)OCCO3)c1. The second-order valence-corrected chi connectivity index (χ2v) is 9.88. The Bertz CT molecular complexity index is 1300. The number of ether oxygens (including phenoxy) is 2. The van der Waals surface area contributed by atoms with E-state index in [1.54, 1.807) is 17.8 Å². The van der Waals surface area contributed by atoms with Gasteiger partial charge in [0.15, 0.2) is 11.5 Å². The van der Waals surface area contributed by atoms with Crippen LogP contribution in [-0.4, -0.2) is 40.3 Å². The van der Waals surface area contributed by atoms with Crippen LogP contribution >= 0.6 is 11.8 Å². The maximum atomic E-state index is 14.0. The molecule has 0 atom stereocenters. The molecule has 1 heterocycles. The molecular weight excluding hydrogens is 467 g/mol. The van der Waals surface area contributed by atoms with Gasteiger partial charge in [0.25, 0.3) is 0 Å². The van der Waals surface area contributed by atoms with Gasteiger partial charge in [0.1, 0.15) is 19.0 Å². The lowest BCUT2D eigenvalue weighted by molar-refractivity contribution is -0.114. The smallest absolute Gasteiger partial charge is 0.243 e. The number of carbonyl (C=O) groups excluding carboxylic acids is 1. The van der Waals surface area contributed by atoms with Crippen LogP contribution in [0.15, 0.2) is 75.4 Å². The monoisotopic (exact) mass is 488 g/mol. The summed E-state index contributed by atoms with van der Waals surface area (Å²) in [5.74, 6) is -0.338. The van der Waals surface area contributed by atoms with Gasteiger partial charge in [0.05, 0.1) is 22.0 Å². The van der Waals surface area contributed by atoms with Crippen LogP contribution in [-0.2, 0) is 14.6 Å². The number of thioether (sulfide) groups is 1. The van der Waals surface area contributed by atoms with Crippen molar-refractivity contribution in [1.29, 1.82) is 0 Å². The van der Waals surface area contributed by atoms with Crippen molar-refractivity contribution in [3.05, 3.63) is 66.5 Å². The number of hydrogen-bond acceptors (Lipinski definition) is 7. The minimum atomic E-state index is -4.11. The summed E-state index contributed by atoms with van der Waals surface area (Å²) < 4.78 is 51.5. The number of sulfone groups is 1. The van der Waals surface area contributed by atoms with Crippen LogP contribution in [0.5, 0.6) is 11.5 Å². The van der Waals surface area contributed by atoms with Crippen LogP contribution in [0.2, 0.25) is 0 Å². The molecule has 0 saturated carbocycles. The Kier molecular flexibility index (Phi) is 6.75. The molecule has 0 fully saturated rings. The number of carbonyl (C=O) groups is 1. The van der Waals surface area contributed by atoms with E-state index in [2.05, 4.69) is 10.6 Å². The van der Waals surface area contributed by atoms with Crippen molar-refractivity contribution >= 4 is 38.9 Å². The first-order chi connectivity index (χ1) is 15.9. The molecule has 0 bridgehead atoms. The Labute approximate surface area is 195 Å². The fraction of sp³-hybridized carbons (Fsp3) is 0.174. The number of halogens is 1. The Morgan fingerprint density at radius 2 is 1.82 bits per heavy atom. The van der Waals surface area contributed by atoms with Crippen LogP contribution in [0.3, 0.4) is 0 Å². The summed E-state index contributed by atoms with van der Waals surface area (Å²) >= 11 is 1.55. The largest absolute Gasteiger partial charge is 0.486 e. The summed E-state index contributed by atoms with van der Waals surface area (Å²) in [6.45, 7) is 0.470. The molecule has 0 radical (unpaired) electrons. The van der Waals surface area contributed by atoms with Crippen molar-refractivity contribution in [1.82, 2.24) is 0 Å². The Morgan fingerprint density at radius 1 is 1.03 bits per heavy atom. The second kappa shape index (κ2) is 9.72. The van der Waals surface area contributed by atoms with Crippen molar-refractivity contribution < 1.29 is 27.1 Å². The van der Waals surface area contributed by atoms with Crippen LogP contribution in [0.4, 0.5) is 15.8 Å². The Balaban J connectivity index is 1.55. The molecule has 2 N–H and O–H groups in total. The minimum absolute atomic E-state index is 0.0706. The van der Waals surface area contributed by atoms with Crippen molar-refractivity contribution in [3.63, 3.8) is 0 Å². The van der Waals surface area contributed by atoms with Gasteiger partial charge in [-0.2, -0.15) is 0 Å². The van der Waals surface area contributed by atoms with E-state index in [9.17, 15) is 17.6 Å². The van der Waals surface area contributed by atoms with E-state index in [0.717, 1.165) is 17.0 Å². The highest BCUT2D eigenvalue weighted by molar-refractivity contribution is 7.98. The summed E-state index contributed by atoms with van der Waals surface area (Å²) in [5.41, 5.74) is 0.733. The molecule has 10 heteroatoms. The minimum Gasteiger partial charge on any atom is -0.486 e. The number of benzene rings is 3. The first kappa shape index (κ1) is 22.9. The van der Waals surface area contributed by atoms with E-state index in [-0.39, 0.29) is 27.9 Å². The fourth-order valence-corrected chi connectivity index (χ4v) is 5.18. The zero-order valence-electron chi connectivity index (χ0n) is 17.6. The van der Waals surface area contributed by atoms with Crippen LogP contribution < -0.4 is 20.1 Å². The highest BCUT2D eigenvalue weighted by Gasteiger charge is 2.25. The predicted molar refractivity (Wildman–Crippen MR) is 125 cm³/mol. The van der Waals surface area contributed by atoms with E-state index in [1.807, 2.05) is 24.5 Å². The number of amides is 1. The van der Waals surface area contributed by atoms with Gasteiger partial charge in [-0.3, -0.25) is 4.79 Å². The summed E-state index contributed by atoms with van der Waals surface area (Å²) in [4.78, 5) is 13.1. The van der Waals surface area contributed by atoms with E-state index in [1.165, 1.54) is 24.3 Å². The van der Waals surface area contributed by atoms with Crippen LogP contribution in [0, 0.1) is 5.82 Å². The van der Waals surface area contributed by atoms with E-state index < -0.39 is 15.7 Å². The molecule has 172 valence electrons. The number of nitrogens with one attached hydrogen (secondary N) is 2. The van der Waals surface area contributed by atoms with Gasteiger partial charge in [0.2, 0.25) is 15.7 Å². The van der Waals surface area contributed by atoms with Crippen LogP contribution in [0.1, 0.15) is 0 Å². The third kappa shape index (κ3) is 5.23. The Morgan fingerprint density at radius 3 is 2.61 bits per heavy atom. The molecule has 0 spiro atoms. The lowest BCUT2D eigenvalue weighted by Crippen LogP contribution is -2.22. The van der Waals surface area contributed by atoms with Crippen molar-refractivity contribution in [2.75, 3.05) is 36.6 Å². The first-order valence-corrected chi connectivity index (χ1v) is 12.7. The van der Waals surface area contributed by atoms with Gasteiger partial charge in [-0.15, -0.1) is 11.8 Å². The number of hydrogen-bond donors (Lipinski definition) is 2. The molecule has 33 heavy (non-hydrogen) atoms. The molecule has 0 unspecified atom stereocenters. The lowest BCUT2D eigenvalue weighted by Gasteiger charge is -2.19. The van der Waals surface area contributed by atoms with Gasteiger partial charge >= 0.3 is 0 Å². The van der Waals surface area contributed by atoms with E-state index >= 15 is 0 Å². The van der Waals surface area contributed by atoms with E-state index in [0.29, 0.717) is 30.4 Å². The predicted octanol–water partition coefficient (Wildman–Crippen LogP) is 4.20. The van der Waals surface area contributed by atoms with Crippen molar-refractivity contribution in [2.45, 2.75) is 14.7 Å². The van der Waals surface area contributed by atoms with Gasteiger partial charge in [-0.25, -0.2) is 12.8 Å². The number of fused-ring (bicyclic) bond motifs is 1. The second-order valence-electron chi connectivity index (χ2n) is 7.08. The number of anilines is 2. The van der Waals surface area contributed by atoms with Crippen LogP contribution in [0.25, 0.3) is 0 Å². The highest BCUT2D eigenvalue weighted by Crippen LogP contribution is 2.36. The van der Waals surface area contributed by atoms with Gasteiger partial charge in [-0.05, 0) is 54.8 Å². The molecular formula is C23H21FN2O5S2. The molecule has 1 amide bonds. The van der Waals surface area contributed by atoms with Crippen molar-refractivity contribution in [2.24, 2.45) is 0 Å². The quantitative estimate of drug-likeness (QED) is 0.482. The summed E-state index contributed by atoms with van der Waals surface area (Å²) in [5, 5.41) is 5.56. The average molecular weight is 489 g/mol. The molecule has 7 nitrogen and oxygen atoms in total. The summed E-state index contributed by atoms with van der Waals surface area (Å²) in [6, 6.07) is 14.9. The molecule has 1 aliphatic heterocycles. The van der Waals surface area contributed by atoms with Gasteiger partial charge < -0.3 is 20.1 Å². The van der Waals surface area contributed by atoms with E-state index in [4.69, 9.17) is 9.47 Å². The lowest BCUT2D eigenvalue weighted by atomic mass is 10.3. The maximum Gasteiger partial charge on any atom is 0.243 e. The average Bonchev–Trinajstić information content (AvgIpc) is 2.83. The molecule has 3 aromatic rings. The molecule has 0 aromatic heterocycles. The number of rotatable bonds is 7. The normalized spacial score (nSPS) is 12.8. The third-order valence-electron chi connectivity index (χ3n) is 4.85. The molecule has 3 aromatic carbocycles. The third-order valence-corrected chi connectivity index (χ3v) is 7.37. The molecule has 1 aliphatic rings. The Hall–Kier alpha value is -3.24. The zero-order valence-corrected chi connectivity index (χ0v) is 19.3. The standard InChI is InChI=1S/C23H21FN2O5S2/c1-32-17-4-2-3-16(12-17)26-23(27)14-25-19-7-5-15(24)11-22(19)33(28,29)18-6-8-20-21(13-18)31-10-9-30-20/h2-8,11-13,25H,9-10,14H2,1H3,(H,26,27). The summed E-state index contributed by atoms with van der Waals surface area (Å²) in [7, 11) is -4.11. The highest BCUT2D eigenvalue weighted by atomic mass is 32.2. The van der Waals surface area contributed by atoms with Gasteiger partial charge in [0, 0.05) is 16.6 Å². The molecule has 4 rings (SSSR count). The fourth-order valence-electron chi connectivity index (χ4n) is 3.26. The van der Waals surface area contributed by atoms with Gasteiger partial charge in [-0.1, -0.05) is 6.07 Å². The first-order valence-electron chi connectivity index (χ1n) is 9.99. The molecule has 0 aliphatic carbocycles. The zero-order chi connectivity index (χ0) is 23.4. The topological polar surface area (TPSA) is 93.7 Å². The molecule has 0 saturated heterocycles.